The summed E-state index contributed by atoms with van der Waals surface area (Å²) in [6, 6.07) is 0. The minimum atomic E-state index is 0.767. The van der Waals surface area contributed by atoms with Gasteiger partial charge in [-0.1, -0.05) is 6.42 Å². The van der Waals surface area contributed by atoms with Crippen LogP contribution in [-0.4, -0.2) is 36.8 Å². The summed E-state index contributed by atoms with van der Waals surface area (Å²) in [6.07, 6.45) is 7.00. The fraction of sp³-hybridized carbons (Fsp3) is 0.833. The average Bonchev–Trinajstić information content (AvgIpc) is 2.57. The summed E-state index contributed by atoms with van der Waals surface area (Å²) in [5, 5.41) is 1.54. The molecule has 0 aromatic carbocycles. The maximum atomic E-state index is 5.67. The second kappa shape index (κ2) is 8.69. The largest absolute Gasteiger partial charge is 0.472 e. The Kier molecular flexibility index (Phi) is 6.79. The first-order valence-corrected chi connectivity index (χ1v) is 8.79. The molecule has 2 heterocycles. The first kappa shape index (κ1) is 14.1. The van der Waals surface area contributed by atoms with E-state index in [0.717, 1.165) is 62.4 Å². The van der Waals surface area contributed by atoms with Crippen molar-refractivity contribution in [1.82, 2.24) is 0 Å². The van der Waals surface area contributed by atoms with Gasteiger partial charge in [-0.15, -0.1) is 0 Å². The SMILES string of the molecule is C1CCCOC(SSC2=NCCCCO2)=NCC1. The number of hydrogen-bond donors (Lipinski definition) is 0. The average molecular weight is 288 g/mol. The van der Waals surface area contributed by atoms with Crippen LogP contribution in [0.1, 0.15) is 38.5 Å². The van der Waals surface area contributed by atoms with Crippen LogP contribution in [0.15, 0.2) is 9.98 Å². The van der Waals surface area contributed by atoms with Crippen molar-refractivity contribution < 1.29 is 9.47 Å². The van der Waals surface area contributed by atoms with Crippen LogP contribution in [-0.2, 0) is 9.47 Å². The standard InChI is InChI=1S/C12H20N2O2S2/c1-2-5-9-15-11(13-7-3-1)17-18-12-14-8-4-6-10-16-12/h1-10H2. The molecule has 2 aliphatic rings. The van der Waals surface area contributed by atoms with Crippen LogP contribution in [0.25, 0.3) is 0 Å². The summed E-state index contributed by atoms with van der Waals surface area (Å²) < 4.78 is 11.2. The summed E-state index contributed by atoms with van der Waals surface area (Å²) in [5.74, 6) is 0. The van der Waals surface area contributed by atoms with E-state index in [9.17, 15) is 0 Å². The Morgan fingerprint density at radius 1 is 0.667 bits per heavy atom. The fourth-order valence-electron chi connectivity index (χ4n) is 1.70. The van der Waals surface area contributed by atoms with Crippen molar-refractivity contribution in [2.45, 2.75) is 38.5 Å². The zero-order valence-electron chi connectivity index (χ0n) is 10.6. The highest BCUT2D eigenvalue weighted by molar-refractivity contribution is 8.87. The molecule has 2 rings (SSSR count). The van der Waals surface area contributed by atoms with Gasteiger partial charge in [0.2, 0.25) is 0 Å². The van der Waals surface area contributed by atoms with E-state index in [1.807, 2.05) is 0 Å². The van der Waals surface area contributed by atoms with Gasteiger partial charge in [0.25, 0.3) is 10.5 Å². The van der Waals surface area contributed by atoms with Crippen molar-refractivity contribution in [1.29, 1.82) is 0 Å². The lowest BCUT2D eigenvalue weighted by atomic mass is 10.2. The van der Waals surface area contributed by atoms with Crippen molar-refractivity contribution in [3.63, 3.8) is 0 Å². The van der Waals surface area contributed by atoms with E-state index in [1.54, 1.807) is 0 Å². The Labute approximate surface area is 116 Å². The van der Waals surface area contributed by atoms with Gasteiger partial charge in [0.15, 0.2) is 0 Å². The molecule has 0 bridgehead atoms. The first-order valence-electron chi connectivity index (χ1n) is 6.64. The van der Waals surface area contributed by atoms with Gasteiger partial charge < -0.3 is 9.47 Å². The molecule has 0 amide bonds. The van der Waals surface area contributed by atoms with E-state index in [1.165, 1.54) is 34.4 Å². The van der Waals surface area contributed by atoms with Crippen molar-refractivity contribution in [3.05, 3.63) is 0 Å². The van der Waals surface area contributed by atoms with Crippen LogP contribution in [0.2, 0.25) is 0 Å². The van der Waals surface area contributed by atoms with Crippen molar-refractivity contribution in [2.24, 2.45) is 9.98 Å². The van der Waals surface area contributed by atoms with E-state index in [-0.39, 0.29) is 0 Å². The van der Waals surface area contributed by atoms with Crippen LogP contribution in [0, 0.1) is 0 Å². The molecule has 0 saturated carbocycles. The van der Waals surface area contributed by atoms with E-state index in [4.69, 9.17) is 9.47 Å². The third-order valence-corrected chi connectivity index (χ3v) is 4.69. The van der Waals surface area contributed by atoms with Crippen LogP contribution in [0.5, 0.6) is 0 Å². The molecule has 102 valence electrons. The third kappa shape index (κ3) is 5.52. The third-order valence-electron chi connectivity index (χ3n) is 2.72. The van der Waals surface area contributed by atoms with Gasteiger partial charge in [-0.3, -0.25) is 0 Å². The van der Waals surface area contributed by atoms with Gasteiger partial charge in [0.05, 0.1) is 13.2 Å². The van der Waals surface area contributed by atoms with E-state index in [0.29, 0.717) is 0 Å². The first-order chi connectivity index (χ1) is 8.95. The molecule has 0 aromatic heterocycles. The van der Waals surface area contributed by atoms with Crippen LogP contribution in [0.4, 0.5) is 0 Å². The summed E-state index contributed by atoms with van der Waals surface area (Å²) in [5.41, 5.74) is 0. The van der Waals surface area contributed by atoms with Crippen molar-refractivity contribution >= 4 is 32.0 Å². The van der Waals surface area contributed by atoms with Crippen LogP contribution in [0.3, 0.4) is 0 Å². The minimum Gasteiger partial charge on any atom is -0.472 e. The molecule has 0 unspecified atom stereocenters. The second-order valence-electron chi connectivity index (χ2n) is 4.28. The molecular weight excluding hydrogens is 268 g/mol. The monoisotopic (exact) mass is 288 g/mol. The minimum absolute atomic E-state index is 0.767. The molecule has 0 aromatic rings. The Morgan fingerprint density at radius 2 is 1.17 bits per heavy atom. The summed E-state index contributed by atoms with van der Waals surface area (Å²) in [4.78, 5) is 8.87. The Bertz CT molecular complexity index is 308. The molecular formula is C12H20N2O2S2. The lowest BCUT2D eigenvalue weighted by molar-refractivity contribution is 0.304. The summed E-state index contributed by atoms with van der Waals surface area (Å²) in [7, 11) is 3.06. The molecule has 0 fully saturated rings. The molecule has 18 heavy (non-hydrogen) atoms. The molecule has 0 N–H and O–H groups in total. The van der Waals surface area contributed by atoms with E-state index >= 15 is 0 Å². The predicted octanol–water partition coefficient (Wildman–Crippen LogP) is 3.48. The topological polar surface area (TPSA) is 43.2 Å². The highest BCUT2D eigenvalue weighted by Crippen LogP contribution is 2.27. The zero-order valence-corrected chi connectivity index (χ0v) is 12.2. The number of nitrogens with zero attached hydrogens (tertiary/aromatic N) is 2. The molecule has 4 nitrogen and oxygen atoms in total. The molecule has 2 aliphatic heterocycles. The van der Waals surface area contributed by atoms with Gasteiger partial charge in [-0.25, -0.2) is 9.98 Å². The van der Waals surface area contributed by atoms with Crippen LogP contribution >= 0.6 is 21.6 Å². The second-order valence-corrected chi connectivity index (χ2v) is 6.31. The Morgan fingerprint density at radius 3 is 1.83 bits per heavy atom. The van der Waals surface area contributed by atoms with Gasteiger partial charge in [0.1, 0.15) is 0 Å². The van der Waals surface area contributed by atoms with Crippen LogP contribution < -0.4 is 0 Å². The van der Waals surface area contributed by atoms with Gasteiger partial charge in [-0.05, 0) is 32.1 Å². The number of ether oxygens (including phenoxy) is 2. The quantitative estimate of drug-likeness (QED) is 0.640. The Balaban J connectivity index is 1.77. The van der Waals surface area contributed by atoms with E-state index < -0.39 is 0 Å². The fourth-order valence-corrected chi connectivity index (χ4v) is 3.43. The van der Waals surface area contributed by atoms with Gasteiger partial charge in [-0.2, -0.15) is 0 Å². The number of rotatable bonds is 0. The molecule has 0 radical (unpaired) electrons. The smallest absolute Gasteiger partial charge is 0.257 e. The highest BCUT2D eigenvalue weighted by atomic mass is 33.1. The molecule has 0 spiro atoms. The predicted molar refractivity (Wildman–Crippen MR) is 79.4 cm³/mol. The normalized spacial score (nSPS) is 22.2. The molecule has 6 heteroatoms. The maximum Gasteiger partial charge on any atom is 0.257 e. The Hall–Kier alpha value is -0.360. The lowest BCUT2D eigenvalue weighted by Crippen LogP contribution is -2.03. The van der Waals surface area contributed by atoms with Gasteiger partial charge >= 0.3 is 0 Å². The summed E-state index contributed by atoms with van der Waals surface area (Å²) in [6.45, 7) is 3.30. The molecule has 0 atom stereocenters. The van der Waals surface area contributed by atoms with E-state index in [2.05, 4.69) is 9.98 Å². The molecule has 0 saturated heterocycles. The highest BCUT2D eigenvalue weighted by Gasteiger charge is 2.11. The summed E-state index contributed by atoms with van der Waals surface area (Å²) >= 11 is 0. The lowest BCUT2D eigenvalue weighted by Gasteiger charge is -2.08. The number of hydrogen-bond acceptors (Lipinski definition) is 6. The van der Waals surface area contributed by atoms with Crippen molar-refractivity contribution in [3.8, 4) is 0 Å². The maximum absolute atomic E-state index is 5.67. The van der Waals surface area contributed by atoms with Crippen molar-refractivity contribution in [2.75, 3.05) is 26.3 Å². The van der Waals surface area contributed by atoms with Gasteiger partial charge in [0, 0.05) is 34.7 Å². The molecule has 0 aliphatic carbocycles. The number of aliphatic imine (C=N–C) groups is 2. The zero-order chi connectivity index (χ0) is 12.5.